The molecule has 2 aliphatic carbocycles. The average molecular weight is 459 g/mol. The smallest absolute Gasteiger partial charge is 0.274 e. The van der Waals surface area contributed by atoms with E-state index in [9.17, 15) is 23.5 Å². The topological polar surface area (TPSA) is 126 Å². The first-order valence-corrected chi connectivity index (χ1v) is 10.7. The molecule has 0 saturated heterocycles. The molecule has 4 N–H and O–H groups in total. The highest BCUT2D eigenvalue weighted by Crippen LogP contribution is 2.44. The monoisotopic (exact) mass is 459 g/mol. The van der Waals surface area contributed by atoms with Gasteiger partial charge in [-0.1, -0.05) is 0 Å². The van der Waals surface area contributed by atoms with Gasteiger partial charge in [0.15, 0.2) is 5.65 Å². The lowest BCUT2D eigenvalue weighted by atomic mass is 9.88. The Labute approximate surface area is 186 Å². The number of anilines is 3. The Morgan fingerprint density at radius 3 is 2.73 bits per heavy atom. The Morgan fingerprint density at radius 1 is 1.30 bits per heavy atom. The maximum atomic E-state index is 13.3. The molecular formula is C21H23F2N7O3. The van der Waals surface area contributed by atoms with E-state index in [0.29, 0.717) is 18.7 Å². The van der Waals surface area contributed by atoms with Crippen LogP contribution in [0, 0.1) is 0 Å². The standard InChI is InChI=1S/C21H23F2N7O3/c1-24-17-7-16(26-14-3-2-6-29(20(14)33)11-8-21(22,23)9-11)28-18-12(10-25-30(17)18)19(32)27-13-4-5-15(13)31/h2-3,6-7,10-11,13,15,24,31H,4-5,8-9H2,1H3,(H,26,28)(H,27,32)/t13-,15-/m1/s1. The highest BCUT2D eigenvalue weighted by Gasteiger charge is 2.46. The van der Waals surface area contributed by atoms with Crippen molar-refractivity contribution in [1.29, 1.82) is 0 Å². The van der Waals surface area contributed by atoms with Gasteiger partial charge in [-0.15, -0.1) is 0 Å². The third-order valence-electron chi connectivity index (χ3n) is 6.23. The molecule has 2 atom stereocenters. The molecule has 174 valence electrons. The van der Waals surface area contributed by atoms with E-state index in [4.69, 9.17) is 0 Å². The average Bonchev–Trinajstić information content (AvgIpc) is 3.19. The summed E-state index contributed by atoms with van der Waals surface area (Å²) in [7, 11) is 1.68. The summed E-state index contributed by atoms with van der Waals surface area (Å²) in [5.41, 5.74) is 0.216. The Hall–Kier alpha value is -3.54. The van der Waals surface area contributed by atoms with Crippen molar-refractivity contribution in [3.05, 3.63) is 46.5 Å². The van der Waals surface area contributed by atoms with Crippen LogP contribution in [0.15, 0.2) is 35.4 Å². The van der Waals surface area contributed by atoms with Crippen LogP contribution in [0.2, 0.25) is 0 Å². The fraction of sp³-hybridized carbons (Fsp3) is 0.429. The van der Waals surface area contributed by atoms with Gasteiger partial charge < -0.3 is 25.6 Å². The number of rotatable bonds is 6. The van der Waals surface area contributed by atoms with Crippen LogP contribution in [0.5, 0.6) is 0 Å². The van der Waals surface area contributed by atoms with Crippen molar-refractivity contribution in [1.82, 2.24) is 24.5 Å². The molecule has 10 nitrogen and oxygen atoms in total. The molecule has 2 fully saturated rings. The molecule has 2 aliphatic rings. The largest absolute Gasteiger partial charge is 0.391 e. The van der Waals surface area contributed by atoms with Crippen molar-refractivity contribution in [2.24, 2.45) is 0 Å². The first-order chi connectivity index (χ1) is 15.8. The van der Waals surface area contributed by atoms with Gasteiger partial charge in [-0.3, -0.25) is 9.59 Å². The van der Waals surface area contributed by atoms with Gasteiger partial charge in [0.25, 0.3) is 17.4 Å². The normalized spacial score (nSPS) is 21.8. The molecule has 0 bridgehead atoms. The van der Waals surface area contributed by atoms with E-state index in [2.05, 4.69) is 26.0 Å². The molecule has 1 amide bonds. The predicted octanol–water partition coefficient (Wildman–Crippen LogP) is 1.90. The van der Waals surface area contributed by atoms with Crippen molar-refractivity contribution in [3.8, 4) is 0 Å². The first-order valence-electron chi connectivity index (χ1n) is 10.7. The second-order valence-corrected chi connectivity index (χ2v) is 8.47. The van der Waals surface area contributed by atoms with Gasteiger partial charge in [0.2, 0.25) is 0 Å². The lowest BCUT2D eigenvalue weighted by Gasteiger charge is -2.36. The number of amides is 1. The molecule has 3 aromatic heterocycles. The summed E-state index contributed by atoms with van der Waals surface area (Å²) in [4.78, 5) is 30.1. The molecule has 33 heavy (non-hydrogen) atoms. The number of aliphatic hydroxyl groups excluding tert-OH is 1. The van der Waals surface area contributed by atoms with E-state index in [1.807, 2.05) is 0 Å². The second kappa shape index (κ2) is 7.80. The maximum Gasteiger partial charge on any atom is 0.274 e. The number of fused-ring (bicyclic) bond motifs is 1. The summed E-state index contributed by atoms with van der Waals surface area (Å²) in [5.74, 6) is -2.36. The van der Waals surface area contributed by atoms with Gasteiger partial charge in [0.05, 0.1) is 18.3 Å². The van der Waals surface area contributed by atoms with Crippen molar-refractivity contribution >= 4 is 28.9 Å². The van der Waals surface area contributed by atoms with Crippen LogP contribution >= 0.6 is 0 Å². The Kier molecular flexibility index (Phi) is 5.04. The number of aliphatic hydroxyl groups is 1. The maximum absolute atomic E-state index is 13.3. The van der Waals surface area contributed by atoms with Crippen LogP contribution in [0.25, 0.3) is 5.65 Å². The highest BCUT2D eigenvalue weighted by molar-refractivity contribution is 6.00. The number of hydrogen-bond acceptors (Lipinski definition) is 7. The van der Waals surface area contributed by atoms with Crippen LogP contribution in [-0.2, 0) is 0 Å². The lowest BCUT2D eigenvalue weighted by molar-refractivity contribution is -0.104. The van der Waals surface area contributed by atoms with Crippen LogP contribution in [0.3, 0.4) is 0 Å². The number of pyridine rings is 1. The van der Waals surface area contributed by atoms with E-state index in [1.54, 1.807) is 25.2 Å². The molecule has 2 saturated carbocycles. The number of aromatic nitrogens is 4. The molecule has 3 heterocycles. The minimum Gasteiger partial charge on any atom is -0.391 e. The zero-order chi connectivity index (χ0) is 23.3. The van der Waals surface area contributed by atoms with Crippen LogP contribution in [-0.4, -0.2) is 55.3 Å². The van der Waals surface area contributed by atoms with Crippen molar-refractivity contribution in [3.63, 3.8) is 0 Å². The van der Waals surface area contributed by atoms with E-state index in [1.165, 1.54) is 21.5 Å². The fourth-order valence-corrected chi connectivity index (χ4v) is 4.12. The van der Waals surface area contributed by atoms with Gasteiger partial charge >= 0.3 is 0 Å². The van der Waals surface area contributed by atoms with Crippen molar-refractivity contribution in [2.45, 2.75) is 49.8 Å². The van der Waals surface area contributed by atoms with Crippen LogP contribution in [0.4, 0.5) is 26.1 Å². The van der Waals surface area contributed by atoms with Gasteiger partial charge in [0.1, 0.15) is 22.9 Å². The zero-order valence-corrected chi connectivity index (χ0v) is 17.8. The van der Waals surface area contributed by atoms with Crippen molar-refractivity contribution in [2.75, 3.05) is 17.7 Å². The third-order valence-corrected chi connectivity index (χ3v) is 6.23. The van der Waals surface area contributed by atoms with E-state index < -0.39 is 29.5 Å². The molecule has 0 unspecified atom stereocenters. The molecule has 5 rings (SSSR count). The molecule has 0 aromatic carbocycles. The van der Waals surface area contributed by atoms with E-state index >= 15 is 0 Å². The Balaban J connectivity index is 1.45. The minimum absolute atomic E-state index is 0.176. The summed E-state index contributed by atoms with van der Waals surface area (Å²) in [6.45, 7) is 0. The van der Waals surface area contributed by atoms with Gasteiger partial charge in [-0.05, 0) is 25.0 Å². The third kappa shape index (κ3) is 3.80. The molecule has 12 heteroatoms. The number of nitrogens with zero attached hydrogens (tertiary/aromatic N) is 4. The quantitative estimate of drug-likeness (QED) is 0.444. The summed E-state index contributed by atoms with van der Waals surface area (Å²) >= 11 is 0. The molecule has 0 aliphatic heterocycles. The van der Waals surface area contributed by atoms with Gasteiger partial charge in [0, 0.05) is 38.2 Å². The number of nitrogens with one attached hydrogen (secondary N) is 3. The van der Waals surface area contributed by atoms with Crippen molar-refractivity contribution < 1.29 is 18.7 Å². The molecule has 0 radical (unpaired) electrons. The summed E-state index contributed by atoms with van der Waals surface area (Å²) < 4.78 is 29.3. The number of carbonyl (C=O) groups excluding carboxylic acids is 1. The van der Waals surface area contributed by atoms with Crippen LogP contribution < -0.4 is 21.5 Å². The molecular weight excluding hydrogens is 436 g/mol. The fourth-order valence-electron chi connectivity index (χ4n) is 4.12. The van der Waals surface area contributed by atoms with E-state index in [0.717, 1.165) is 0 Å². The number of alkyl halides is 2. The minimum atomic E-state index is -2.74. The van der Waals surface area contributed by atoms with Crippen LogP contribution in [0.1, 0.15) is 42.1 Å². The first kappa shape index (κ1) is 21.3. The molecule has 0 spiro atoms. The summed E-state index contributed by atoms with van der Waals surface area (Å²) in [5, 5.41) is 22.7. The number of carbonyl (C=O) groups is 1. The summed E-state index contributed by atoms with van der Waals surface area (Å²) in [6.07, 6.45) is 2.93. The highest BCUT2D eigenvalue weighted by atomic mass is 19.3. The lowest BCUT2D eigenvalue weighted by Crippen LogP contribution is -2.50. The SMILES string of the molecule is CNc1cc(Nc2cccn(C3CC(F)(F)C3)c2=O)nc2c(C(=O)N[C@@H]3CC[C@H]3O)cnn12. The Morgan fingerprint density at radius 2 is 2.09 bits per heavy atom. The van der Waals surface area contributed by atoms with Gasteiger partial charge in [-0.25, -0.2) is 13.8 Å². The second-order valence-electron chi connectivity index (χ2n) is 8.47. The summed E-state index contributed by atoms with van der Waals surface area (Å²) in [6, 6.07) is 3.91. The zero-order valence-electron chi connectivity index (χ0n) is 17.8. The number of halogens is 2. The predicted molar refractivity (Wildman–Crippen MR) is 116 cm³/mol. The van der Waals surface area contributed by atoms with E-state index in [-0.39, 0.29) is 41.6 Å². The Bertz CT molecular complexity index is 1280. The molecule has 3 aromatic rings. The number of hydrogen-bond donors (Lipinski definition) is 4. The van der Waals surface area contributed by atoms with Gasteiger partial charge in [-0.2, -0.15) is 9.61 Å².